The largest absolute Gasteiger partial charge is 0.465 e. The van der Waals surface area contributed by atoms with Crippen LogP contribution in [0.2, 0.25) is 0 Å². The Kier molecular flexibility index (Phi) is 7.98. The SMILES string of the molecule is COC(=O)[C@]1(OC)CC[C@@H](NC(C)=O)[C@H](C[C@@H](C)OC(=O)SC)O1. The molecule has 0 saturated carbocycles. The summed E-state index contributed by atoms with van der Waals surface area (Å²) in [5.74, 6) is -2.35. The molecular formula is C15H25NO7S. The van der Waals surface area contributed by atoms with Gasteiger partial charge in [-0.1, -0.05) is 0 Å². The topological polar surface area (TPSA) is 100 Å². The molecular weight excluding hydrogens is 338 g/mol. The molecule has 0 aromatic carbocycles. The lowest BCUT2D eigenvalue weighted by Gasteiger charge is -2.42. The average molecular weight is 363 g/mol. The molecule has 1 heterocycles. The monoisotopic (exact) mass is 363 g/mol. The third kappa shape index (κ3) is 5.35. The van der Waals surface area contributed by atoms with E-state index in [1.165, 1.54) is 21.1 Å². The first kappa shape index (κ1) is 20.7. The van der Waals surface area contributed by atoms with E-state index in [-0.39, 0.29) is 18.4 Å². The van der Waals surface area contributed by atoms with Gasteiger partial charge in [0.25, 0.3) is 5.79 Å². The molecule has 1 saturated heterocycles. The molecule has 1 fully saturated rings. The summed E-state index contributed by atoms with van der Waals surface area (Å²) in [5, 5.41) is 2.40. The van der Waals surface area contributed by atoms with Crippen LogP contribution in [-0.4, -0.2) is 61.7 Å². The van der Waals surface area contributed by atoms with E-state index in [9.17, 15) is 14.4 Å². The van der Waals surface area contributed by atoms with E-state index in [0.717, 1.165) is 11.8 Å². The molecule has 1 amide bonds. The summed E-state index contributed by atoms with van der Waals surface area (Å²) in [6.07, 6.45) is 1.63. The quantitative estimate of drug-likeness (QED) is 0.708. The molecule has 0 aromatic heterocycles. The van der Waals surface area contributed by atoms with Crippen molar-refractivity contribution in [1.82, 2.24) is 5.32 Å². The van der Waals surface area contributed by atoms with Crippen LogP contribution in [0.5, 0.6) is 0 Å². The zero-order valence-corrected chi connectivity index (χ0v) is 15.4. The molecule has 1 N–H and O–H groups in total. The van der Waals surface area contributed by atoms with Crippen LogP contribution >= 0.6 is 11.8 Å². The van der Waals surface area contributed by atoms with Crippen molar-refractivity contribution < 1.29 is 33.3 Å². The highest BCUT2D eigenvalue weighted by molar-refractivity contribution is 8.12. The van der Waals surface area contributed by atoms with Gasteiger partial charge in [-0.25, -0.2) is 9.59 Å². The van der Waals surface area contributed by atoms with Gasteiger partial charge >= 0.3 is 11.3 Å². The summed E-state index contributed by atoms with van der Waals surface area (Å²) in [6, 6.07) is -0.314. The predicted molar refractivity (Wildman–Crippen MR) is 87.5 cm³/mol. The first-order valence-corrected chi connectivity index (χ1v) is 8.83. The van der Waals surface area contributed by atoms with Crippen molar-refractivity contribution in [1.29, 1.82) is 0 Å². The van der Waals surface area contributed by atoms with E-state index in [0.29, 0.717) is 12.8 Å². The van der Waals surface area contributed by atoms with Gasteiger partial charge in [0, 0.05) is 26.9 Å². The Morgan fingerprint density at radius 3 is 2.54 bits per heavy atom. The van der Waals surface area contributed by atoms with Crippen molar-refractivity contribution in [2.45, 2.75) is 57.1 Å². The predicted octanol–water partition coefficient (Wildman–Crippen LogP) is 1.46. The third-order valence-corrected chi connectivity index (χ3v) is 4.25. The van der Waals surface area contributed by atoms with E-state index >= 15 is 0 Å². The summed E-state index contributed by atoms with van der Waals surface area (Å²) >= 11 is 0.969. The van der Waals surface area contributed by atoms with Crippen LogP contribution in [0.15, 0.2) is 0 Å². The van der Waals surface area contributed by atoms with Crippen LogP contribution in [0.4, 0.5) is 4.79 Å². The van der Waals surface area contributed by atoms with Crippen molar-refractivity contribution in [3.63, 3.8) is 0 Å². The number of methoxy groups -OCH3 is 2. The lowest BCUT2D eigenvalue weighted by Crippen LogP contribution is -2.58. The smallest absolute Gasteiger partial charge is 0.367 e. The van der Waals surface area contributed by atoms with Crippen LogP contribution in [0, 0.1) is 0 Å². The third-order valence-electron chi connectivity index (χ3n) is 3.82. The Bertz CT molecular complexity index is 473. The Balaban J connectivity index is 2.90. The Morgan fingerprint density at radius 2 is 2.04 bits per heavy atom. The number of hydrogen-bond donors (Lipinski definition) is 1. The molecule has 9 heteroatoms. The maximum Gasteiger partial charge on any atom is 0.367 e. The van der Waals surface area contributed by atoms with Crippen LogP contribution in [0.1, 0.15) is 33.1 Å². The first-order valence-electron chi connectivity index (χ1n) is 7.61. The Hall–Kier alpha value is -1.32. The fourth-order valence-corrected chi connectivity index (χ4v) is 2.94. The molecule has 138 valence electrons. The number of thioether (sulfide) groups is 1. The van der Waals surface area contributed by atoms with Gasteiger partial charge in [0.05, 0.1) is 19.3 Å². The van der Waals surface area contributed by atoms with E-state index in [1.54, 1.807) is 13.2 Å². The minimum Gasteiger partial charge on any atom is -0.465 e. The van der Waals surface area contributed by atoms with Crippen molar-refractivity contribution in [2.24, 2.45) is 0 Å². The van der Waals surface area contributed by atoms with Crippen molar-refractivity contribution in [3.8, 4) is 0 Å². The molecule has 4 atom stereocenters. The Morgan fingerprint density at radius 1 is 1.38 bits per heavy atom. The fraction of sp³-hybridized carbons (Fsp3) is 0.800. The molecule has 0 radical (unpaired) electrons. The summed E-state index contributed by atoms with van der Waals surface area (Å²) in [4.78, 5) is 34.9. The van der Waals surface area contributed by atoms with Gasteiger partial charge in [-0.05, 0) is 31.4 Å². The number of ether oxygens (including phenoxy) is 4. The van der Waals surface area contributed by atoms with Gasteiger partial charge in [0.15, 0.2) is 0 Å². The normalized spacial score (nSPS) is 27.9. The highest BCUT2D eigenvalue weighted by Gasteiger charge is 2.49. The number of rotatable bonds is 6. The van der Waals surface area contributed by atoms with Gasteiger partial charge in [-0.3, -0.25) is 4.79 Å². The number of nitrogens with one attached hydrogen (secondary N) is 1. The second kappa shape index (κ2) is 9.24. The van der Waals surface area contributed by atoms with E-state index in [1.807, 2.05) is 0 Å². The minimum atomic E-state index is -1.52. The molecule has 0 aliphatic carbocycles. The standard InChI is InChI=1S/C15H25NO7S/c1-9(22-14(19)24-5)8-12-11(16-10(2)17)6-7-15(21-4,23-12)13(18)20-3/h9,11-12H,6-8H2,1-5H3,(H,16,17)/t9-,11-,12+,15+/m1/s1. The van der Waals surface area contributed by atoms with E-state index in [4.69, 9.17) is 18.9 Å². The van der Waals surface area contributed by atoms with Gasteiger partial charge in [0.1, 0.15) is 6.10 Å². The molecule has 0 unspecified atom stereocenters. The molecule has 24 heavy (non-hydrogen) atoms. The second-order valence-corrected chi connectivity index (χ2v) is 6.31. The van der Waals surface area contributed by atoms with Crippen molar-refractivity contribution >= 4 is 28.9 Å². The molecule has 8 nitrogen and oxygen atoms in total. The van der Waals surface area contributed by atoms with Crippen LogP contribution in [-0.2, 0) is 28.5 Å². The maximum atomic E-state index is 12.1. The molecule has 0 spiro atoms. The molecule has 1 rings (SSSR count). The van der Waals surface area contributed by atoms with Gasteiger partial charge in [-0.2, -0.15) is 0 Å². The second-order valence-electron chi connectivity index (χ2n) is 5.57. The number of amides is 1. The highest BCUT2D eigenvalue weighted by atomic mass is 32.2. The summed E-state index contributed by atoms with van der Waals surface area (Å²) in [6.45, 7) is 3.14. The van der Waals surface area contributed by atoms with Crippen molar-refractivity contribution in [2.75, 3.05) is 20.5 Å². The number of hydrogen-bond acceptors (Lipinski definition) is 8. The van der Waals surface area contributed by atoms with Crippen LogP contribution in [0.25, 0.3) is 0 Å². The fourth-order valence-electron chi connectivity index (χ4n) is 2.68. The first-order chi connectivity index (χ1) is 11.3. The number of esters is 1. The van der Waals surface area contributed by atoms with E-state index < -0.39 is 29.3 Å². The minimum absolute atomic E-state index is 0.203. The molecule has 1 aliphatic heterocycles. The zero-order valence-electron chi connectivity index (χ0n) is 14.6. The maximum absolute atomic E-state index is 12.1. The highest BCUT2D eigenvalue weighted by Crippen LogP contribution is 2.33. The number of carbonyl (C=O) groups excluding carboxylic acids is 3. The zero-order chi connectivity index (χ0) is 18.3. The average Bonchev–Trinajstić information content (AvgIpc) is 2.55. The van der Waals surface area contributed by atoms with E-state index in [2.05, 4.69) is 5.32 Å². The number of carbonyl (C=O) groups is 3. The summed E-state index contributed by atoms with van der Waals surface area (Å²) in [7, 11) is 2.62. The lowest BCUT2D eigenvalue weighted by atomic mass is 9.92. The van der Waals surface area contributed by atoms with Crippen LogP contribution < -0.4 is 5.32 Å². The van der Waals surface area contributed by atoms with Gasteiger partial charge < -0.3 is 24.3 Å². The summed E-state index contributed by atoms with van der Waals surface area (Å²) in [5.41, 5.74) is 0. The molecule has 1 aliphatic rings. The van der Waals surface area contributed by atoms with Crippen molar-refractivity contribution in [3.05, 3.63) is 0 Å². The van der Waals surface area contributed by atoms with Gasteiger partial charge in [-0.15, -0.1) is 0 Å². The Labute approximate surface area is 145 Å². The molecule has 0 bridgehead atoms. The van der Waals surface area contributed by atoms with Crippen LogP contribution in [0.3, 0.4) is 0 Å². The summed E-state index contributed by atoms with van der Waals surface area (Å²) < 4.78 is 21.1. The lowest BCUT2D eigenvalue weighted by molar-refractivity contribution is -0.275. The van der Waals surface area contributed by atoms with Gasteiger partial charge in [0.2, 0.25) is 5.91 Å². The molecule has 0 aromatic rings.